The zero-order valence-electron chi connectivity index (χ0n) is 11.4. The van der Waals surface area contributed by atoms with Crippen LogP contribution in [0.1, 0.15) is 24.0 Å². The van der Waals surface area contributed by atoms with Gasteiger partial charge in [0.05, 0.1) is 0 Å². The molecule has 1 aliphatic rings. The van der Waals surface area contributed by atoms with E-state index in [-0.39, 0.29) is 5.82 Å². The SMILES string of the molecule is Nc1ccccc1CN(Cc1ccc(F)cc1)C1CC1. The van der Waals surface area contributed by atoms with Crippen molar-refractivity contribution in [2.24, 2.45) is 0 Å². The fraction of sp³-hybridized carbons (Fsp3) is 0.294. The average Bonchev–Trinajstić information content (AvgIpc) is 3.27. The lowest BCUT2D eigenvalue weighted by Crippen LogP contribution is -2.25. The Balaban J connectivity index is 1.73. The van der Waals surface area contributed by atoms with Crippen molar-refractivity contribution in [3.63, 3.8) is 0 Å². The highest BCUT2D eigenvalue weighted by Crippen LogP contribution is 2.30. The first-order valence-electron chi connectivity index (χ1n) is 7.04. The first kappa shape index (κ1) is 13.1. The van der Waals surface area contributed by atoms with E-state index in [0.29, 0.717) is 6.04 Å². The molecule has 1 fully saturated rings. The molecular formula is C17H19FN2. The lowest BCUT2D eigenvalue weighted by Gasteiger charge is -2.23. The summed E-state index contributed by atoms with van der Waals surface area (Å²) in [6.45, 7) is 1.70. The van der Waals surface area contributed by atoms with Gasteiger partial charge in [-0.1, -0.05) is 30.3 Å². The Labute approximate surface area is 119 Å². The minimum atomic E-state index is -0.181. The Morgan fingerprint density at radius 3 is 2.35 bits per heavy atom. The molecule has 0 saturated heterocycles. The molecule has 0 amide bonds. The van der Waals surface area contributed by atoms with Crippen LogP contribution in [0.4, 0.5) is 10.1 Å². The lowest BCUT2D eigenvalue weighted by atomic mass is 10.1. The Hall–Kier alpha value is -1.87. The van der Waals surface area contributed by atoms with Crippen molar-refractivity contribution in [2.75, 3.05) is 5.73 Å². The molecular weight excluding hydrogens is 251 g/mol. The number of halogens is 1. The molecule has 3 rings (SSSR count). The highest BCUT2D eigenvalue weighted by molar-refractivity contribution is 5.46. The molecule has 0 aliphatic heterocycles. The molecule has 2 aromatic carbocycles. The van der Waals surface area contributed by atoms with E-state index in [2.05, 4.69) is 11.0 Å². The van der Waals surface area contributed by atoms with Crippen LogP contribution in [0.25, 0.3) is 0 Å². The fourth-order valence-electron chi connectivity index (χ4n) is 2.48. The van der Waals surface area contributed by atoms with Crippen LogP contribution < -0.4 is 5.73 Å². The number of benzene rings is 2. The molecule has 1 saturated carbocycles. The maximum atomic E-state index is 13.0. The maximum Gasteiger partial charge on any atom is 0.123 e. The highest BCUT2D eigenvalue weighted by atomic mass is 19.1. The molecule has 0 bridgehead atoms. The fourth-order valence-corrected chi connectivity index (χ4v) is 2.48. The molecule has 0 heterocycles. The summed E-state index contributed by atoms with van der Waals surface area (Å²) < 4.78 is 13.0. The first-order valence-corrected chi connectivity index (χ1v) is 7.04. The van der Waals surface area contributed by atoms with E-state index in [0.717, 1.165) is 24.3 Å². The van der Waals surface area contributed by atoms with Crippen LogP contribution in [0.2, 0.25) is 0 Å². The zero-order chi connectivity index (χ0) is 13.9. The predicted molar refractivity (Wildman–Crippen MR) is 79.5 cm³/mol. The van der Waals surface area contributed by atoms with Crippen LogP contribution in [0.3, 0.4) is 0 Å². The number of hydrogen-bond donors (Lipinski definition) is 1. The summed E-state index contributed by atoms with van der Waals surface area (Å²) in [6, 6.07) is 15.4. The van der Waals surface area contributed by atoms with Gasteiger partial charge in [0.15, 0.2) is 0 Å². The van der Waals surface area contributed by atoms with Gasteiger partial charge in [-0.3, -0.25) is 4.90 Å². The largest absolute Gasteiger partial charge is 0.398 e. The van der Waals surface area contributed by atoms with Gasteiger partial charge < -0.3 is 5.73 Å². The number of nitrogen functional groups attached to an aromatic ring is 1. The van der Waals surface area contributed by atoms with Crippen LogP contribution in [-0.2, 0) is 13.1 Å². The smallest absolute Gasteiger partial charge is 0.123 e. The predicted octanol–water partition coefficient (Wildman–Crippen LogP) is 3.57. The molecule has 0 unspecified atom stereocenters. The van der Waals surface area contributed by atoms with Crippen molar-refractivity contribution in [3.05, 3.63) is 65.5 Å². The highest BCUT2D eigenvalue weighted by Gasteiger charge is 2.29. The molecule has 104 valence electrons. The van der Waals surface area contributed by atoms with Gasteiger partial charge in [0, 0.05) is 24.8 Å². The summed E-state index contributed by atoms with van der Waals surface area (Å²) >= 11 is 0. The van der Waals surface area contributed by atoms with Gasteiger partial charge in [0.25, 0.3) is 0 Å². The Morgan fingerprint density at radius 1 is 1.00 bits per heavy atom. The Morgan fingerprint density at radius 2 is 1.70 bits per heavy atom. The van der Waals surface area contributed by atoms with Crippen LogP contribution >= 0.6 is 0 Å². The topological polar surface area (TPSA) is 29.3 Å². The Kier molecular flexibility index (Phi) is 3.70. The molecule has 0 spiro atoms. The van der Waals surface area contributed by atoms with Gasteiger partial charge in [-0.15, -0.1) is 0 Å². The number of para-hydroxylation sites is 1. The number of anilines is 1. The second kappa shape index (κ2) is 5.63. The van der Waals surface area contributed by atoms with Crippen LogP contribution in [-0.4, -0.2) is 10.9 Å². The van der Waals surface area contributed by atoms with Crippen LogP contribution in [0.15, 0.2) is 48.5 Å². The van der Waals surface area contributed by atoms with E-state index in [1.807, 2.05) is 30.3 Å². The number of nitrogens with two attached hydrogens (primary N) is 1. The monoisotopic (exact) mass is 270 g/mol. The number of rotatable bonds is 5. The van der Waals surface area contributed by atoms with Crippen LogP contribution in [0, 0.1) is 5.82 Å². The summed E-state index contributed by atoms with van der Waals surface area (Å²) in [6.07, 6.45) is 2.49. The standard InChI is InChI=1S/C17H19FN2/c18-15-7-5-13(6-8-15)11-20(16-9-10-16)12-14-3-1-2-4-17(14)19/h1-8,16H,9-12,19H2. The third-order valence-electron chi connectivity index (χ3n) is 3.79. The Bertz CT molecular complexity index is 576. The van der Waals surface area contributed by atoms with Crippen molar-refractivity contribution in [2.45, 2.75) is 32.0 Å². The van der Waals surface area contributed by atoms with Crippen molar-refractivity contribution >= 4 is 5.69 Å². The van der Waals surface area contributed by atoms with E-state index < -0.39 is 0 Å². The van der Waals surface area contributed by atoms with Crippen LogP contribution in [0.5, 0.6) is 0 Å². The molecule has 2 aromatic rings. The summed E-state index contributed by atoms with van der Waals surface area (Å²) in [5.74, 6) is -0.181. The van der Waals surface area contributed by atoms with E-state index in [1.54, 1.807) is 0 Å². The summed E-state index contributed by atoms with van der Waals surface area (Å²) in [5, 5.41) is 0. The number of nitrogens with zero attached hydrogens (tertiary/aromatic N) is 1. The van der Waals surface area contributed by atoms with Gasteiger partial charge in [0.2, 0.25) is 0 Å². The molecule has 0 atom stereocenters. The van der Waals surface area contributed by atoms with E-state index >= 15 is 0 Å². The molecule has 3 heteroatoms. The third kappa shape index (κ3) is 3.17. The molecule has 2 N–H and O–H groups in total. The van der Waals surface area contributed by atoms with Crippen molar-refractivity contribution in [3.8, 4) is 0 Å². The van der Waals surface area contributed by atoms with E-state index in [9.17, 15) is 4.39 Å². The van der Waals surface area contributed by atoms with Crippen molar-refractivity contribution in [1.29, 1.82) is 0 Å². The van der Waals surface area contributed by atoms with Gasteiger partial charge in [-0.25, -0.2) is 4.39 Å². The van der Waals surface area contributed by atoms with E-state index in [1.165, 1.54) is 30.5 Å². The second-order valence-electron chi connectivity index (χ2n) is 5.46. The van der Waals surface area contributed by atoms with Gasteiger partial charge in [-0.05, 0) is 42.2 Å². The van der Waals surface area contributed by atoms with Gasteiger partial charge in [0.1, 0.15) is 5.82 Å². The van der Waals surface area contributed by atoms with Crippen molar-refractivity contribution in [1.82, 2.24) is 4.90 Å². The first-order chi connectivity index (χ1) is 9.72. The summed E-state index contributed by atoms with van der Waals surface area (Å²) in [4.78, 5) is 2.43. The normalized spacial score (nSPS) is 14.7. The average molecular weight is 270 g/mol. The zero-order valence-corrected chi connectivity index (χ0v) is 11.4. The lowest BCUT2D eigenvalue weighted by molar-refractivity contribution is 0.246. The van der Waals surface area contributed by atoms with Gasteiger partial charge >= 0.3 is 0 Å². The molecule has 0 radical (unpaired) electrons. The maximum absolute atomic E-state index is 13.0. The molecule has 2 nitrogen and oxygen atoms in total. The molecule has 20 heavy (non-hydrogen) atoms. The summed E-state index contributed by atoms with van der Waals surface area (Å²) in [7, 11) is 0. The second-order valence-corrected chi connectivity index (χ2v) is 5.46. The summed E-state index contributed by atoms with van der Waals surface area (Å²) in [5.41, 5.74) is 9.19. The number of hydrogen-bond acceptors (Lipinski definition) is 2. The molecule has 0 aromatic heterocycles. The minimum Gasteiger partial charge on any atom is -0.398 e. The minimum absolute atomic E-state index is 0.181. The van der Waals surface area contributed by atoms with Crippen molar-refractivity contribution < 1.29 is 4.39 Å². The third-order valence-corrected chi connectivity index (χ3v) is 3.79. The quantitative estimate of drug-likeness (QED) is 0.842. The van der Waals surface area contributed by atoms with Gasteiger partial charge in [-0.2, -0.15) is 0 Å². The van der Waals surface area contributed by atoms with E-state index in [4.69, 9.17) is 5.73 Å². The molecule has 1 aliphatic carbocycles.